The van der Waals surface area contributed by atoms with Crippen molar-refractivity contribution in [2.45, 2.75) is 25.1 Å². The normalized spacial score (nSPS) is 13.5. The zero-order valence-corrected chi connectivity index (χ0v) is 9.10. The van der Waals surface area contributed by atoms with Gasteiger partial charge in [-0.05, 0) is 30.5 Å². The first kappa shape index (κ1) is 13.7. The maximum absolute atomic E-state index is 12.8. The minimum atomic E-state index is -4.59. The van der Waals surface area contributed by atoms with Gasteiger partial charge in [-0.1, -0.05) is 12.1 Å². The molecule has 1 rings (SSSR count). The molecule has 0 aliphatic rings. The first-order valence-corrected chi connectivity index (χ1v) is 5.09. The smallest absolute Gasteiger partial charge is 0.324 e. The molecular formula is C12H13F4N. The van der Waals surface area contributed by atoms with Gasteiger partial charge in [-0.25, -0.2) is 4.39 Å². The Morgan fingerprint density at radius 3 is 2.53 bits per heavy atom. The number of hydrogen-bond acceptors (Lipinski definition) is 1. The lowest BCUT2D eigenvalue weighted by Crippen LogP contribution is -2.17. The third-order valence-corrected chi connectivity index (χ3v) is 2.40. The van der Waals surface area contributed by atoms with Gasteiger partial charge in [0.25, 0.3) is 0 Å². The molecule has 94 valence electrons. The highest BCUT2D eigenvalue weighted by molar-refractivity contribution is 5.32. The predicted octanol–water partition coefficient (Wildman–Crippen LogP) is 3.81. The number of halogens is 4. The van der Waals surface area contributed by atoms with Gasteiger partial charge in [-0.3, -0.25) is 0 Å². The Bertz CT molecular complexity index is 398. The highest BCUT2D eigenvalue weighted by atomic mass is 19.4. The molecule has 0 saturated heterocycles. The first-order valence-electron chi connectivity index (χ1n) is 5.09. The van der Waals surface area contributed by atoms with Crippen molar-refractivity contribution in [3.63, 3.8) is 0 Å². The Morgan fingerprint density at radius 1 is 1.35 bits per heavy atom. The maximum Gasteiger partial charge on any atom is 0.416 e. The highest BCUT2D eigenvalue weighted by Gasteiger charge is 2.34. The summed E-state index contributed by atoms with van der Waals surface area (Å²) < 4.78 is 50.8. The van der Waals surface area contributed by atoms with Crippen molar-refractivity contribution in [3.05, 3.63) is 47.8 Å². The summed E-state index contributed by atoms with van der Waals surface area (Å²) in [7, 11) is 0. The van der Waals surface area contributed by atoms with E-state index in [0.29, 0.717) is 18.9 Å². The summed E-state index contributed by atoms with van der Waals surface area (Å²) in [6.07, 6.45) is -2.16. The standard InChI is InChI=1S/C12H13F4N/c1-2-3-4-11(17)9-6-5-8(13)7-10(9)12(14,15)16/h2,5-7,11H,1,3-4,17H2/t11-/m1/s1. The molecule has 0 radical (unpaired) electrons. The lowest BCUT2D eigenvalue weighted by molar-refractivity contribution is -0.138. The summed E-state index contributed by atoms with van der Waals surface area (Å²) >= 11 is 0. The van der Waals surface area contributed by atoms with Gasteiger partial charge in [-0.15, -0.1) is 6.58 Å². The monoisotopic (exact) mass is 247 g/mol. The average molecular weight is 247 g/mol. The second-order valence-corrected chi connectivity index (χ2v) is 3.70. The number of alkyl halides is 3. The van der Waals surface area contributed by atoms with E-state index in [2.05, 4.69) is 6.58 Å². The van der Waals surface area contributed by atoms with Crippen LogP contribution in [0.5, 0.6) is 0 Å². The second-order valence-electron chi connectivity index (χ2n) is 3.70. The molecule has 0 aliphatic heterocycles. The van der Waals surface area contributed by atoms with E-state index in [4.69, 9.17) is 5.73 Å². The fourth-order valence-electron chi connectivity index (χ4n) is 1.55. The average Bonchev–Trinajstić information content (AvgIpc) is 2.24. The molecule has 0 heterocycles. The van der Waals surface area contributed by atoms with E-state index >= 15 is 0 Å². The van der Waals surface area contributed by atoms with Crippen molar-refractivity contribution >= 4 is 0 Å². The summed E-state index contributed by atoms with van der Waals surface area (Å²) in [6, 6.07) is 1.78. The number of nitrogens with two attached hydrogens (primary N) is 1. The molecule has 0 fully saturated rings. The van der Waals surface area contributed by atoms with Crippen molar-refractivity contribution in [2.24, 2.45) is 5.73 Å². The van der Waals surface area contributed by atoms with Crippen LogP contribution in [0.1, 0.15) is 30.0 Å². The van der Waals surface area contributed by atoms with Gasteiger partial charge in [0.2, 0.25) is 0 Å². The fourth-order valence-corrected chi connectivity index (χ4v) is 1.55. The van der Waals surface area contributed by atoms with Crippen LogP contribution in [0.25, 0.3) is 0 Å². The Kier molecular flexibility index (Phi) is 4.28. The van der Waals surface area contributed by atoms with E-state index in [9.17, 15) is 17.6 Å². The summed E-state index contributed by atoms with van der Waals surface area (Å²) in [4.78, 5) is 0. The van der Waals surface area contributed by atoms with Crippen LogP contribution in [0.3, 0.4) is 0 Å². The van der Waals surface area contributed by atoms with Gasteiger partial charge in [0.15, 0.2) is 0 Å². The molecule has 5 heteroatoms. The topological polar surface area (TPSA) is 26.0 Å². The molecule has 0 aliphatic carbocycles. The van der Waals surface area contributed by atoms with E-state index in [-0.39, 0.29) is 5.56 Å². The Labute approximate surface area is 96.9 Å². The van der Waals surface area contributed by atoms with Crippen molar-refractivity contribution in [3.8, 4) is 0 Å². The van der Waals surface area contributed by atoms with Gasteiger partial charge < -0.3 is 5.73 Å². The zero-order valence-electron chi connectivity index (χ0n) is 9.10. The molecule has 0 spiro atoms. The Balaban J connectivity index is 3.10. The van der Waals surface area contributed by atoms with E-state index in [0.717, 1.165) is 12.1 Å². The molecule has 2 N–H and O–H groups in total. The van der Waals surface area contributed by atoms with Crippen LogP contribution in [0.2, 0.25) is 0 Å². The van der Waals surface area contributed by atoms with Gasteiger partial charge in [-0.2, -0.15) is 13.2 Å². The number of hydrogen-bond donors (Lipinski definition) is 1. The second kappa shape index (κ2) is 5.31. The predicted molar refractivity (Wildman–Crippen MR) is 57.8 cm³/mol. The maximum atomic E-state index is 12.8. The van der Waals surface area contributed by atoms with Crippen LogP contribution in [-0.4, -0.2) is 0 Å². The molecule has 0 aromatic heterocycles. The lowest BCUT2D eigenvalue weighted by Gasteiger charge is -2.17. The fraction of sp³-hybridized carbons (Fsp3) is 0.333. The molecule has 0 amide bonds. The van der Waals surface area contributed by atoms with Crippen molar-refractivity contribution < 1.29 is 17.6 Å². The van der Waals surface area contributed by atoms with Crippen LogP contribution in [-0.2, 0) is 6.18 Å². The Hall–Kier alpha value is -1.36. The molecule has 0 bridgehead atoms. The largest absolute Gasteiger partial charge is 0.416 e. The molecular weight excluding hydrogens is 234 g/mol. The molecule has 1 aromatic carbocycles. The molecule has 1 aromatic rings. The summed E-state index contributed by atoms with van der Waals surface area (Å²) in [6.45, 7) is 3.47. The third-order valence-electron chi connectivity index (χ3n) is 2.40. The van der Waals surface area contributed by atoms with Crippen LogP contribution in [0.4, 0.5) is 17.6 Å². The quantitative estimate of drug-likeness (QED) is 0.635. The molecule has 1 nitrogen and oxygen atoms in total. The number of allylic oxidation sites excluding steroid dienone is 1. The first-order chi connectivity index (χ1) is 7.86. The lowest BCUT2D eigenvalue weighted by atomic mass is 9.97. The van der Waals surface area contributed by atoms with E-state index in [1.165, 1.54) is 0 Å². The molecule has 17 heavy (non-hydrogen) atoms. The van der Waals surface area contributed by atoms with E-state index in [1.807, 2.05) is 0 Å². The van der Waals surface area contributed by atoms with Crippen molar-refractivity contribution in [1.29, 1.82) is 0 Å². The molecule has 0 saturated carbocycles. The number of rotatable bonds is 4. The van der Waals surface area contributed by atoms with Crippen molar-refractivity contribution in [2.75, 3.05) is 0 Å². The van der Waals surface area contributed by atoms with Crippen LogP contribution in [0, 0.1) is 5.82 Å². The van der Waals surface area contributed by atoms with Crippen molar-refractivity contribution in [1.82, 2.24) is 0 Å². The minimum absolute atomic E-state index is 0.0826. The summed E-state index contributed by atoms with van der Waals surface area (Å²) in [5.74, 6) is -0.919. The third kappa shape index (κ3) is 3.56. The van der Waals surface area contributed by atoms with Crippen LogP contribution in [0.15, 0.2) is 30.9 Å². The van der Waals surface area contributed by atoms with Gasteiger partial charge in [0.05, 0.1) is 5.56 Å². The summed E-state index contributed by atoms with van der Waals surface area (Å²) in [5.41, 5.74) is 4.57. The minimum Gasteiger partial charge on any atom is -0.324 e. The van der Waals surface area contributed by atoms with E-state index < -0.39 is 23.6 Å². The van der Waals surface area contributed by atoms with Gasteiger partial charge in [0.1, 0.15) is 5.82 Å². The van der Waals surface area contributed by atoms with Gasteiger partial charge in [0, 0.05) is 6.04 Å². The van der Waals surface area contributed by atoms with Crippen LogP contribution < -0.4 is 5.73 Å². The number of benzene rings is 1. The molecule has 1 atom stereocenters. The molecule has 0 unspecified atom stereocenters. The summed E-state index contributed by atoms with van der Waals surface area (Å²) in [5, 5.41) is 0. The SMILES string of the molecule is C=CCC[C@@H](N)c1ccc(F)cc1C(F)(F)F. The van der Waals surface area contributed by atoms with Gasteiger partial charge >= 0.3 is 6.18 Å². The Morgan fingerprint density at radius 2 is 2.00 bits per heavy atom. The zero-order chi connectivity index (χ0) is 13.1. The van der Waals surface area contributed by atoms with E-state index in [1.54, 1.807) is 6.08 Å². The van der Waals surface area contributed by atoms with Crippen LogP contribution >= 0.6 is 0 Å². The highest BCUT2D eigenvalue weighted by Crippen LogP contribution is 2.35.